The molecule has 0 amide bonds. The third kappa shape index (κ3) is 0.963. The molecule has 1 aliphatic carbocycles. The SMILES string of the molecule is [B]C1CC1c1ccccc1. The van der Waals surface area contributed by atoms with E-state index in [1.807, 2.05) is 6.07 Å². The van der Waals surface area contributed by atoms with Crippen LogP contribution in [0.2, 0.25) is 5.82 Å². The van der Waals surface area contributed by atoms with E-state index >= 15 is 0 Å². The number of hydrogen-bond acceptors (Lipinski definition) is 0. The third-order valence-corrected chi connectivity index (χ3v) is 2.07. The highest BCUT2D eigenvalue weighted by Crippen LogP contribution is 2.50. The van der Waals surface area contributed by atoms with Crippen LogP contribution in [0.15, 0.2) is 30.3 Å². The van der Waals surface area contributed by atoms with Gasteiger partial charge in [0.1, 0.15) is 0 Å². The maximum Gasteiger partial charge on any atom is 0.0708 e. The molecule has 0 bridgehead atoms. The predicted octanol–water partition coefficient (Wildman–Crippen LogP) is 2.13. The summed E-state index contributed by atoms with van der Waals surface area (Å²) in [5.41, 5.74) is 1.40. The standard InChI is InChI=1S/C9H9B/c10-9-6-8(9)7-4-2-1-3-5-7/h1-5,8-9H,6H2. The second kappa shape index (κ2) is 2.15. The van der Waals surface area contributed by atoms with Gasteiger partial charge in [-0.05, 0) is 11.5 Å². The fraction of sp³-hybridized carbons (Fsp3) is 0.333. The predicted molar refractivity (Wildman–Crippen MR) is 43.3 cm³/mol. The van der Waals surface area contributed by atoms with Gasteiger partial charge in [-0.3, -0.25) is 0 Å². The van der Waals surface area contributed by atoms with E-state index < -0.39 is 0 Å². The zero-order chi connectivity index (χ0) is 6.97. The Hall–Kier alpha value is -0.715. The minimum absolute atomic E-state index is 0.433. The van der Waals surface area contributed by atoms with Gasteiger partial charge in [-0.25, -0.2) is 0 Å². The first-order valence-corrected chi connectivity index (χ1v) is 3.68. The Labute approximate surface area is 62.7 Å². The molecule has 1 aromatic rings. The highest BCUT2D eigenvalue weighted by molar-refractivity contribution is 6.14. The Bertz CT molecular complexity index is 217. The average molecular weight is 128 g/mol. The molecule has 1 heteroatoms. The molecule has 0 N–H and O–H groups in total. The summed E-state index contributed by atoms with van der Waals surface area (Å²) < 4.78 is 0. The zero-order valence-electron chi connectivity index (χ0n) is 5.83. The van der Waals surface area contributed by atoms with Gasteiger partial charge in [-0.15, -0.1) is 0 Å². The molecule has 1 fully saturated rings. The van der Waals surface area contributed by atoms with Gasteiger partial charge >= 0.3 is 0 Å². The molecular formula is C9H9B. The van der Waals surface area contributed by atoms with Gasteiger partial charge in [0.15, 0.2) is 0 Å². The molecular weight excluding hydrogens is 119 g/mol. The fourth-order valence-corrected chi connectivity index (χ4v) is 1.30. The highest BCUT2D eigenvalue weighted by atomic mass is 14.3. The Morgan fingerprint density at radius 1 is 1.20 bits per heavy atom. The molecule has 0 aliphatic heterocycles. The smallest absolute Gasteiger partial charge is 0.0701 e. The number of rotatable bonds is 1. The van der Waals surface area contributed by atoms with Gasteiger partial charge in [-0.1, -0.05) is 42.6 Å². The average Bonchev–Trinajstić information content (AvgIpc) is 2.69. The summed E-state index contributed by atoms with van der Waals surface area (Å²) in [6, 6.07) is 10.5. The van der Waals surface area contributed by atoms with Crippen molar-refractivity contribution >= 4 is 7.85 Å². The lowest BCUT2D eigenvalue weighted by molar-refractivity contribution is 1.13. The van der Waals surface area contributed by atoms with Gasteiger partial charge in [0.05, 0.1) is 7.85 Å². The van der Waals surface area contributed by atoms with Crippen molar-refractivity contribution in [2.45, 2.75) is 18.2 Å². The Morgan fingerprint density at radius 3 is 2.30 bits per heavy atom. The van der Waals surface area contributed by atoms with Crippen LogP contribution in [0.3, 0.4) is 0 Å². The molecule has 0 spiro atoms. The van der Waals surface area contributed by atoms with Crippen molar-refractivity contribution < 1.29 is 0 Å². The molecule has 10 heavy (non-hydrogen) atoms. The summed E-state index contributed by atoms with van der Waals surface area (Å²) in [6.45, 7) is 0. The molecule has 2 radical (unpaired) electrons. The van der Waals surface area contributed by atoms with Gasteiger partial charge in [0.2, 0.25) is 0 Å². The number of hydrogen-bond donors (Lipinski definition) is 0. The second-order valence-corrected chi connectivity index (χ2v) is 2.92. The maximum atomic E-state index is 5.70. The minimum Gasteiger partial charge on any atom is -0.0701 e. The van der Waals surface area contributed by atoms with Gasteiger partial charge in [-0.2, -0.15) is 0 Å². The molecule has 2 atom stereocenters. The van der Waals surface area contributed by atoms with E-state index in [1.54, 1.807) is 0 Å². The summed E-state index contributed by atoms with van der Waals surface area (Å²) in [5.74, 6) is 1.09. The molecule has 0 heterocycles. The molecule has 0 nitrogen and oxygen atoms in total. The van der Waals surface area contributed by atoms with Gasteiger partial charge in [0.25, 0.3) is 0 Å². The van der Waals surface area contributed by atoms with Gasteiger partial charge in [0, 0.05) is 0 Å². The first-order chi connectivity index (χ1) is 4.88. The Kier molecular flexibility index (Phi) is 1.30. The van der Waals surface area contributed by atoms with Crippen molar-refractivity contribution in [1.82, 2.24) is 0 Å². The van der Waals surface area contributed by atoms with E-state index in [4.69, 9.17) is 7.85 Å². The van der Waals surface area contributed by atoms with Crippen LogP contribution in [-0.2, 0) is 0 Å². The zero-order valence-corrected chi connectivity index (χ0v) is 5.83. The Morgan fingerprint density at radius 2 is 1.80 bits per heavy atom. The molecule has 0 aromatic heterocycles. The maximum absolute atomic E-state index is 5.70. The van der Waals surface area contributed by atoms with Crippen molar-refractivity contribution in [2.24, 2.45) is 0 Å². The second-order valence-electron chi connectivity index (χ2n) is 2.92. The monoisotopic (exact) mass is 128 g/mol. The first-order valence-electron chi connectivity index (χ1n) is 3.68. The summed E-state index contributed by atoms with van der Waals surface area (Å²) in [5, 5.41) is 0. The minimum atomic E-state index is 0.433. The van der Waals surface area contributed by atoms with Crippen LogP contribution in [0, 0.1) is 0 Å². The van der Waals surface area contributed by atoms with Crippen LogP contribution >= 0.6 is 0 Å². The van der Waals surface area contributed by atoms with E-state index in [0.29, 0.717) is 11.7 Å². The topological polar surface area (TPSA) is 0 Å². The van der Waals surface area contributed by atoms with Crippen LogP contribution in [0.25, 0.3) is 0 Å². The van der Waals surface area contributed by atoms with Crippen LogP contribution < -0.4 is 0 Å². The van der Waals surface area contributed by atoms with Crippen LogP contribution in [0.5, 0.6) is 0 Å². The Balaban J connectivity index is 2.20. The summed E-state index contributed by atoms with van der Waals surface area (Å²) in [4.78, 5) is 0. The van der Waals surface area contributed by atoms with Crippen LogP contribution in [0.1, 0.15) is 17.9 Å². The highest BCUT2D eigenvalue weighted by Gasteiger charge is 2.32. The van der Waals surface area contributed by atoms with Crippen LogP contribution in [-0.4, -0.2) is 7.85 Å². The molecule has 1 aliphatic rings. The largest absolute Gasteiger partial charge is 0.0708 e. The molecule has 48 valence electrons. The molecule has 1 saturated carbocycles. The molecule has 0 saturated heterocycles. The third-order valence-electron chi connectivity index (χ3n) is 2.07. The normalized spacial score (nSPS) is 30.0. The number of benzene rings is 1. The van der Waals surface area contributed by atoms with E-state index in [0.717, 1.165) is 0 Å². The van der Waals surface area contributed by atoms with E-state index in [9.17, 15) is 0 Å². The summed E-state index contributed by atoms with van der Waals surface area (Å²) >= 11 is 0. The van der Waals surface area contributed by atoms with Crippen molar-refractivity contribution in [1.29, 1.82) is 0 Å². The van der Waals surface area contributed by atoms with Gasteiger partial charge < -0.3 is 0 Å². The molecule has 2 rings (SSSR count). The van der Waals surface area contributed by atoms with E-state index in [-0.39, 0.29) is 0 Å². The van der Waals surface area contributed by atoms with E-state index in [2.05, 4.69) is 24.3 Å². The van der Waals surface area contributed by atoms with Crippen molar-refractivity contribution in [3.05, 3.63) is 35.9 Å². The van der Waals surface area contributed by atoms with Crippen molar-refractivity contribution in [3.8, 4) is 0 Å². The first kappa shape index (κ1) is 6.02. The lowest BCUT2D eigenvalue weighted by Crippen LogP contribution is -1.77. The molecule has 1 aromatic carbocycles. The van der Waals surface area contributed by atoms with E-state index in [1.165, 1.54) is 12.0 Å². The lowest BCUT2D eigenvalue weighted by Gasteiger charge is -1.94. The fourth-order valence-electron chi connectivity index (χ4n) is 1.30. The van der Waals surface area contributed by atoms with Crippen LogP contribution in [0.4, 0.5) is 0 Å². The summed E-state index contributed by atoms with van der Waals surface area (Å²) in [7, 11) is 5.70. The van der Waals surface area contributed by atoms with Crippen molar-refractivity contribution in [3.63, 3.8) is 0 Å². The molecule has 2 unspecified atom stereocenters. The quantitative estimate of drug-likeness (QED) is 0.508. The van der Waals surface area contributed by atoms with Crippen molar-refractivity contribution in [2.75, 3.05) is 0 Å². The lowest BCUT2D eigenvalue weighted by atomic mass is 9.97. The summed E-state index contributed by atoms with van der Waals surface area (Å²) in [6.07, 6.45) is 1.17.